The molecule has 2 heterocycles. The number of rotatable bonds is 3. The molecule has 1 aromatic heterocycles. The van der Waals surface area contributed by atoms with E-state index in [-0.39, 0.29) is 5.56 Å². The van der Waals surface area contributed by atoms with Crippen molar-refractivity contribution in [3.05, 3.63) is 22.2 Å². The van der Waals surface area contributed by atoms with E-state index in [2.05, 4.69) is 31.2 Å². The lowest BCUT2D eigenvalue weighted by Gasteiger charge is -2.31. The molecule has 1 aliphatic heterocycles. The summed E-state index contributed by atoms with van der Waals surface area (Å²) in [6.45, 7) is 7.84. The molecule has 0 aliphatic carbocycles. The van der Waals surface area contributed by atoms with Crippen LogP contribution < -0.4 is 10.9 Å². The minimum Gasteiger partial charge on any atom is -0.383 e. The van der Waals surface area contributed by atoms with Gasteiger partial charge in [0, 0.05) is 18.0 Å². The highest BCUT2D eigenvalue weighted by Gasteiger charge is 2.26. The van der Waals surface area contributed by atoms with E-state index in [9.17, 15) is 4.79 Å². The molecule has 0 unspecified atom stereocenters. The lowest BCUT2D eigenvalue weighted by Crippen LogP contribution is -2.37. The maximum Gasteiger partial charge on any atom is 0.280 e. The van der Waals surface area contributed by atoms with Gasteiger partial charge in [0.15, 0.2) is 0 Å². The Hall–Kier alpha value is -1.03. The van der Waals surface area contributed by atoms with Crippen LogP contribution >= 0.6 is 0 Å². The summed E-state index contributed by atoms with van der Waals surface area (Å²) in [5.41, 5.74) is 0.254. The second-order valence-electron chi connectivity index (χ2n) is 6.59. The Morgan fingerprint density at radius 1 is 1.44 bits per heavy atom. The molecule has 1 saturated heterocycles. The number of hydrogen-bond acceptors (Lipinski definition) is 3. The van der Waals surface area contributed by atoms with Crippen LogP contribution in [0.1, 0.15) is 58.1 Å². The standard InChI is InChI=1S/C14H24N2O2/c1-14(2,3)6-4-11-8-10(5-7-15-11)12-9-13(17)16-18-12/h9-11,15H,4-8H2,1-3H3,(H,16,17)/t10-,11+/m1/s1. The van der Waals surface area contributed by atoms with Crippen LogP contribution in [0.15, 0.2) is 15.4 Å². The largest absolute Gasteiger partial charge is 0.383 e. The number of H-pyrrole nitrogens is 1. The highest BCUT2D eigenvalue weighted by atomic mass is 16.5. The molecule has 4 nitrogen and oxygen atoms in total. The monoisotopic (exact) mass is 252 g/mol. The van der Waals surface area contributed by atoms with Gasteiger partial charge in [0.05, 0.1) is 0 Å². The number of piperidine rings is 1. The summed E-state index contributed by atoms with van der Waals surface area (Å²) in [6, 6.07) is 2.14. The van der Waals surface area contributed by atoms with Gasteiger partial charge in [-0.2, -0.15) is 5.16 Å². The molecule has 0 bridgehead atoms. The van der Waals surface area contributed by atoms with Gasteiger partial charge in [-0.1, -0.05) is 20.8 Å². The lowest BCUT2D eigenvalue weighted by atomic mass is 9.83. The molecule has 18 heavy (non-hydrogen) atoms. The van der Waals surface area contributed by atoms with E-state index in [0.717, 1.165) is 25.1 Å². The molecule has 1 aliphatic rings. The topological polar surface area (TPSA) is 58.0 Å². The summed E-state index contributed by atoms with van der Waals surface area (Å²) in [5, 5.41) is 5.95. The number of nitrogens with one attached hydrogen (secondary N) is 2. The molecule has 0 radical (unpaired) electrons. The van der Waals surface area contributed by atoms with Gasteiger partial charge in [-0.25, -0.2) is 0 Å². The minimum atomic E-state index is -0.130. The quantitative estimate of drug-likeness (QED) is 0.869. The fourth-order valence-corrected chi connectivity index (χ4v) is 2.59. The predicted molar refractivity (Wildman–Crippen MR) is 71.8 cm³/mol. The van der Waals surface area contributed by atoms with Crippen molar-refractivity contribution in [2.45, 2.75) is 58.4 Å². The van der Waals surface area contributed by atoms with E-state index in [1.54, 1.807) is 6.07 Å². The van der Waals surface area contributed by atoms with Crippen LogP contribution in [0.3, 0.4) is 0 Å². The van der Waals surface area contributed by atoms with Crippen LogP contribution in [0.2, 0.25) is 0 Å². The van der Waals surface area contributed by atoms with Gasteiger partial charge in [0.1, 0.15) is 5.76 Å². The molecular formula is C14H24N2O2. The summed E-state index contributed by atoms with van der Waals surface area (Å²) >= 11 is 0. The SMILES string of the molecule is CC(C)(C)CC[C@H]1C[C@H](c2cc(=O)[nH]o2)CCN1. The average molecular weight is 252 g/mol. The third-order valence-electron chi connectivity index (χ3n) is 3.68. The van der Waals surface area contributed by atoms with Crippen LogP contribution in [0.25, 0.3) is 0 Å². The number of aromatic nitrogens is 1. The van der Waals surface area contributed by atoms with E-state index >= 15 is 0 Å². The molecule has 0 spiro atoms. The molecule has 2 N–H and O–H groups in total. The van der Waals surface area contributed by atoms with E-state index in [1.165, 1.54) is 12.8 Å². The highest BCUT2D eigenvalue weighted by molar-refractivity contribution is 5.04. The first kappa shape index (κ1) is 13.4. The Morgan fingerprint density at radius 3 is 2.83 bits per heavy atom. The van der Waals surface area contributed by atoms with Gasteiger partial charge >= 0.3 is 0 Å². The van der Waals surface area contributed by atoms with Crippen molar-refractivity contribution in [1.82, 2.24) is 10.5 Å². The smallest absolute Gasteiger partial charge is 0.280 e. The molecule has 1 aromatic rings. The summed E-state index contributed by atoms with van der Waals surface area (Å²) < 4.78 is 5.23. The first-order valence-electron chi connectivity index (χ1n) is 6.86. The molecular weight excluding hydrogens is 228 g/mol. The number of aromatic amines is 1. The van der Waals surface area contributed by atoms with E-state index < -0.39 is 0 Å². The molecule has 0 aromatic carbocycles. The maximum absolute atomic E-state index is 11.1. The van der Waals surface area contributed by atoms with Crippen molar-refractivity contribution in [2.24, 2.45) is 5.41 Å². The van der Waals surface area contributed by atoms with Crippen molar-refractivity contribution >= 4 is 0 Å². The van der Waals surface area contributed by atoms with Gasteiger partial charge in [0.25, 0.3) is 5.56 Å². The fourth-order valence-electron chi connectivity index (χ4n) is 2.59. The third kappa shape index (κ3) is 3.73. The fraction of sp³-hybridized carbons (Fsp3) is 0.786. The molecule has 2 rings (SSSR count). The highest BCUT2D eigenvalue weighted by Crippen LogP contribution is 2.30. The van der Waals surface area contributed by atoms with Gasteiger partial charge in [-0.3, -0.25) is 4.79 Å². The zero-order chi connectivity index (χ0) is 13.2. The molecule has 4 heteroatoms. The van der Waals surface area contributed by atoms with Crippen LogP contribution in [0.5, 0.6) is 0 Å². The van der Waals surface area contributed by atoms with Crippen molar-refractivity contribution in [1.29, 1.82) is 0 Å². The van der Waals surface area contributed by atoms with Gasteiger partial charge in [-0.15, -0.1) is 0 Å². The Bertz CT molecular complexity index is 427. The summed E-state index contributed by atoms with van der Waals surface area (Å²) in [5.74, 6) is 1.21. The Balaban J connectivity index is 1.90. The average Bonchev–Trinajstić information content (AvgIpc) is 2.73. The van der Waals surface area contributed by atoms with Crippen LogP contribution in [0.4, 0.5) is 0 Å². The van der Waals surface area contributed by atoms with Crippen LogP contribution in [-0.2, 0) is 0 Å². The van der Waals surface area contributed by atoms with Crippen molar-refractivity contribution in [2.75, 3.05) is 6.54 Å². The van der Waals surface area contributed by atoms with Gasteiger partial charge in [0.2, 0.25) is 0 Å². The van der Waals surface area contributed by atoms with E-state index in [0.29, 0.717) is 17.4 Å². The molecule has 1 fully saturated rings. The van der Waals surface area contributed by atoms with Crippen molar-refractivity contribution < 1.29 is 4.52 Å². The van der Waals surface area contributed by atoms with E-state index in [4.69, 9.17) is 4.52 Å². The zero-order valence-electron chi connectivity index (χ0n) is 11.6. The third-order valence-corrected chi connectivity index (χ3v) is 3.68. The molecule has 0 saturated carbocycles. The van der Waals surface area contributed by atoms with Crippen LogP contribution in [0, 0.1) is 5.41 Å². The van der Waals surface area contributed by atoms with Gasteiger partial charge < -0.3 is 9.84 Å². The second-order valence-corrected chi connectivity index (χ2v) is 6.59. The minimum absolute atomic E-state index is 0.130. The second kappa shape index (κ2) is 5.31. The molecule has 2 atom stereocenters. The summed E-state index contributed by atoms with van der Waals surface area (Å²) in [6.07, 6.45) is 4.52. The molecule has 102 valence electrons. The van der Waals surface area contributed by atoms with Crippen LogP contribution in [-0.4, -0.2) is 17.7 Å². The Kier molecular flexibility index (Phi) is 3.95. The maximum atomic E-state index is 11.1. The first-order valence-corrected chi connectivity index (χ1v) is 6.86. The van der Waals surface area contributed by atoms with Crippen molar-refractivity contribution in [3.63, 3.8) is 0 Å². The molecule has 0 amide bonds. The van der Waals surface area contributed by atoms with E-state index in [1.807, 2.05) is 0 Å². The van der Waals surface area contributed by atoms with Crippen molar-refractivity contribution in [3.8, 4) is 0 Å². The summed E-state index contributed by atoms with van der Waals surface area (Å²) in [7, 11) is 0. The normalized spacial score (nSPS) is 25.3. The Labute approximate surface area is 108 Å². The lowest BCUT2D eigenvalue weighted by molar-refractivity contribution is 0.262. The summed E-state index contributed by atoms with van der Waals surface area (Å²) in [4.78, 5) is 11.1. The number of hydrogen-bond donors (Lipinski definition) is 2. The zero-order valence-corrected chi connectivity index (χ0v) is 11.6. The Morgan fingerprint density at radius 2 is 2.22 bits per heavy atom. The first-order chi connectivity index (χ1) is 8.44. The van der Waals surface area contributed by atoms with Gasteiger partial charge in [-0.05, 0) is 37.6 Å². The predicted octanol–water partition coefficient (Wildman–Crippen LogP) is 2.63.